The molecular weight excluding hydrogens is 412 g/mol. The molecule has 3 unspecified atom stereocenters. The van der Waals surface area contributed by atoms with Gasteiger partial charge in [0.25, 0.3) is 0 Å². The SMILES string of the molecule is CCc1nnc(NC(=O)C(Cc2ccccc2)N2C(=O)C3CCC(C)(C2=O)C3(C)C)s1. The Morgan fingerprint density at radius 2 is 1.94 bits per heavy atom. The minimum absolute atomic E-state index is 0.243. The number of piperidine rings is 1. The highest BCUT2D eigenvalue weighted by atomic mass is 32.1. The van der Waals surface area contributed by atoms with Crippen molar-refractivity contribution in [2.75, 3.05) is 5.32 Å². The van der Waals surface area contributed by atoms with Gasteiger partial charge in [-0.05, 0) is 30.2 Å². The molecule has 0 radical (unpaired) electrons. The van der Waals surface area contributed by atoms with Crippen LogP contribution in [0.15, 0.2) is 30.3 Å². The lowest BCUT2D eigenvalue weighted by Crippen LogP contribution is -2.64. The summed E-state index contributed by atoms with van der Waals surface area (Å²) in [5.74, 6) is -1.17. The Morgan fingerprint density at radius 1 is 1.23 bits per heavy atom. The average molecular weight is 441 g/mol. The molecule has 2 fully saturated rings. The van der Waals surface area contributed by atoms with Crippen LogP contribution in [0.4, 0.5) is 5.13 Å². The molecule has 1 saturated heterocycles. The van der Waals surface area contributed by atoms with Crippen molar-refractivity contribution >= 4 is 34.2 Å². The first-order valence-corrected chi connectivity index (χ1v) is 11.6. The van der Waals surface area contributed by atoms with Gasteiger partial charge in [0.15, 0.2) is 0 Å². The summed E-state index contributed by atoms with van der Waals surface area (Å²) < 4.78 is 0. The smallest absolute Gasteiger partial charge is 0.249 e. The van der Waals surface area contributed by atoms with E-state index in [2.05, 4.69) is 15.5 Å². The summed E-state index contributed by atoms with van der Waals surface area (Å²) >= 11 is 1.30. The van der Waals surface area contributed by atoms with Crippen molar-refractivity contribution in [1.82, 2.24) is 15.1 Å². The highest BCUT2D eigenvalue weighted by molar-refractivity contribution is 7.15. The Bertz CT molecular complexity index is 1020. The summed E-state index contributed by atoms with van der Waals surface area (Å²) in [4.78, 5) is 41.8. The molecule has 1 N–H and O–H groups in total. The number of nitrogens with one attached hydrogen (secondary N) is 1. The Labute approximate surface area is 186 Å². The van der Waals surface area contributed by atoms with E-state index in [4.69, 9.17) is 0 Å². The van der Waals surface area contributed by atoms with E-state index >= 15 is 0 Å². The number of nitrogens with zero attached hydrogens (tertiary/aromatic N) is 3. The lowest BCUT2D eigenvalue weighted by atomic mass is 9.62. The number of fused-ring (bicyclic) bond motifs is 2. The first-order valence-electron chi connectivity index (χ1n) is 10.7. The van der Waals surface area contributed by atoms with Gasteiger partial charge in [-0.15, -0.1) is 10.2 Å². The first kappa shape index (κ1) is 21.6. The quantitative estimate of drug-likeness (QED) is 0.695. The van der Waals surface area contributed by atoms with E-state index in [9.17, 15) is 14.4 Å². The van der Waals surface area contributed by atoms with Crippen LogP contribution in [0.1, 0.15) is 51.1 Å². The standard InChI is InChI=1S/C23H28N4O3S/c1-5-17-25-26-21(31-17)24-18(28)16(13-14-9-7-6-8-10-14)27-19(29)15-11-12-23(4,20(27)30)22(15,2)3/h6-10,15-16H,5,11-13H2,1-4H3,(H,24,26,28). The normalized spacial score (nSPS) is 25.5. The van der Waals surface area contributed by atoms with Gasteiger partial charge < -0.3 is 0 Å². The van der Waals surface area contributed by atoms with E-state index in [0.29, 0.717) is 18.0 Å². The molecule has 1 aromatic carbocycles. The number of carbonyl (C=O) groups is 3. The zero-order valence-corrected chi connectivity index (χ0v) is 19.2. The molecule has 3 atom stereocenters. The zero-order valence-electron chi connectivity index (χ0n) is 18.3. The zero-order chi connectivity index (χ0) is 22.4. The fourth-order valence-corrected chi connectivity index (χ4v) is 5.60. The summed E-state index contributed by atoms with van der Waals surface area (Å²) in [7, 11) is 0. The predicted octanol–water partition coefficient (Wildman–Crippen LogP) is 3.46. The Morgan fingerprint density at radius 3 is 2.58 bits per heavy atom. The number of aromatic nitrogens is 2. The second kappa shape index (κ2) is 7.82. The number of likely N-dealkylation sites (tertiary alicyclic amines) is 1. The molecule has 2 bridgehead atoms. The van der Waals surface area contributed by atoms with Gasteiger partial charge in [0.05, 0.1) is 5.41 Å². The molecule has 1 aliphatic heterocycles. The van der Waals surface area contributed by atoms with Gasteiger partial charge in [-0.3, -0.25) is 24.6 Å². The third kappa shape index (κ3) is 3.46. The molecule has 1 saturated carbocycles. The van der Waals surface area contributed by atoms with Crippen molar-refractivity contribution < 1.29 is 14.4 Å². The molecule has 164 valence electrons. The molecule has 0 spiro atoms. The van der Waals surface area contributed by atoms with Gasteiger partial charge in [-0.2, -0.15) is 0 Å². The molecule has 31 heavy (non-hydrogen) atoms. The van der Waals surface area contributed by atoms with Crippen LogP contribution in [0.2, 0.25) is 0 Å². The Kier molecular flexibility index (Phi) is 5.45. The molecule has 2 heterocycles. The van der Waals surface area contributed by atoms with Crippen LogP contribution < -0.4 is 5.32 Å². The van der Waals surface area contributed by atoms with E-state index < -0.39 is 22.8 Å². The van der Waals surface area contributed by atoms with E-state index in [1.165, 1.54) is 16.2 Å². The summed E-state index contributed by atoms with van der Waals surface area (Å²) in [5, 5.41) is 12.1. The van der Waals surface area contributed by atoms with Gasteiger partial charge in [-0.25, -0.2) is 0 Å². The number of rotatable bonds is 6. The van der Waals surface area contributed by atoms with E-state index in [1.54, 1.807) is 0 Å². The van der Waals surface area contributed by atoms with Crippen LogP contribution in [0.25, 0.3) is 0 Å². The second-order valence-corrected chi connectivity index (χ2v) is 10.3. The van der Waals surface area contributed by atoms with Gasteiger partial charge in [0, 0.05) is 12.3 Å². The van der Waals surface area contributed by atoms with Crippen LogP contribution >= 0.6 is 11.3 Å². The van der Waals surface area contributed by atoms with Crippen LogP contribution in [0.5, 0.6) is 0 Å². The summed E-state index contributed by atoms with van der Waals surface area (Å²) in [6.07, 6.45) is 2.30. The molecular formula is C23H28N4O3S. The van der Waals surface area contributed by atoms with Crippen LogP contribution in [0.3, 0.4) is 0 Å². The fourth-order valence-electron chi connectivity index (χ4n) is 4.92. The Balaban J connectivity index is 1.69. The summed E-state index contributed by atoms with van der Waals surface area (Å²) in [6.45, 7) is 7.90. The lowest BCUT2D eigenvalue weighted by molar-refractivity contribution is -0.172. The molecule has 4 rings (SSSR count). The summed E-state index contributed by atoms with van der Waals surface area (Å²) in [5.41, 5.74) is -0.211. The Hall–Kier alpha value is -2.61. The maximum atomic E-state index is 13.7. The van der Waals surface area contributed by atoms with Crippen LogP contribution in [-0.2, 0) is 27.2 Å². The maximum absolute atomic E-state index is 13.7. The number of amides is 3. The molecule has 7 nitrogen and oxygen atoms in total. The molecule has 8 heteroatoms. The molecule has 3 amide bonds. The van der Waals surface area contributed by atoms with Crippen molar-refractivity contribution in [1.29, 1.82) is 0 Å². The van der Waals surface area contributed by atoms with Crippen molar-refractivity contribution in [2.45, 2.75) is 59.4 Å². The minimum Gasteiger partial charge on any atom is -0.299 e. The van der Waals surface area contributed by atoms with Crippen LogP contribution in [0, 0.1) is 16.7 Å². The topological polar surface area (TPSA) is 92.3 Å². The highest BCUT2D eigenvalue weighted by Gasteiger charge is 2.65. The largest absolute Gasteiger partial charge is 0.299 e. The number of anilines is 1. The monoisotopic (exact) mass is 440 g/mol. The van der Waals surface area contributed by atoms with E-state index in [-0.39, 0.29) is 24.2 Å². The number of hydrogen-bond donors (Lipinski definition) is 1. The third-order valence-electron chi connectivity index (χ3n) is 7.34. The molecule has 2 aromatic rings. The maximum Gasteiger partial charge on any atom is 0.249 e. The summed E-state index contributed by atoms with van der Waals surface area (Å²) in [6, 6.07) is 8.53. The van der Waals surface area contributed by atoms with Crippen molar-refractivity contribution in [3.05, 3.63) is 40.9 Å². The lowest BCUT2D eigenvalue weighted by Gasteiger charge is -2.49. The van der Waals surface area contributed by atoms with Gasteiger partial charge in [-0.1, -0.05) is 69.4 Å². The molecule has 1 aromatic heterocycles. The van der Waals surface area contributed by atoms with Gasteiger partial charge >= 0.3 is 0 Å². The number of imide groups is 1. The first-order chi connectivity index (χ1) is 14.7. The molecule has 2 aliphatic rings. The van der Waals surface area contributed by atoms with Gasteiger partial charge in [0.1, 0.15) is 11.0 Å². The molecule has 1 aliphatic carbocycles. The average Bonchev–Trinajstić information content (AvgIpc) is 3.26. The van der Waals surface area contributed by atoms with Crippen molar-refractivity contribution in [3.63, 3.8) is 0 Å². The predicted molar refractivity (Wildman–Crippen MR) is 118 cm³/mol. The van der Waals surface area contributed by atoms with E-state index in [1.807, 2.05) is 58.0 Å². The fraction of sp³-hybridized carbons (Fsp3) is 0.522. The van der Waals surface area contributed by atoms with Crippen molar-refractivity contribution in [3.8, 4) is 0 Å². The van der Waals surface area contributed by atoms with Gasteiger partial charge in [0.2, 0.25) is 22.9 Å². The van der Waals surface area contributed by atoms with E-state index in [0.717, 1.165) is 17.0 Å². The second-order valence-electron chi connectivity index (χ2n) is 9.21. The number of carbonyl (C=O) groups excluding carboxylic acids is 3. The minimum atomic E-state index is -0.938. The third-order valence-corrected chi connectivity index (χ3v) is 8.32. The highest BCUT2D eigenvalue weighted by Crippen LogP contribution is 2.60. The number of hydrogen-bond acceptors (Lipinski definition) is 6. The number of aryl methyl sites for hydroxylation is 1. The van der Waals surface area contributed by atoms with Crippen molar-refractivity contribution in [2.24, 2.45) is 16.7 Å². The number of benzene rings is 1. The van der Waals surface area contributed by atoms with Crippen LogP contribution in [-0.4, -0.2) is 38.9 Å².